The average molecular weight is 177 g/mol. The molecule has 1 aliphatic rings. The molecule has 0 saturated carbocycles. The van der Waals surface area contributed by atoms with Crippen molar-refractivity contribution in [3.8, 4) is 0 Å². The number of hydrogen-bond donors (Lipinski definition) is 2. The van der Waals surface area contributed by atoms with Gasteiger partial charge in [0.05, 0.1) is 6.10 Å². The first-order chi connectivity index (χ1) is 5.52. The summed E-state index contributed by atoms with van der Waals surface area (Å²) in [6, 6.07) is -1.12. The summed E-state index contributed by atoms with van der Waals surface area (Å²) < 4.78 is 4.78. The summed E-state index contributed by atoms with van der Waals surface area (Å²) in [5, 5.41) is 28.4. The number of nitro groups is 1. The molecule has 4 atom stereocenters. The Kier molecular flexibility index (Phi) is 2.61. The van der Waals surface area contributed by atoms with Gasteiger partial charge in [0.15, 0.2) is 12.4 Å². The average Bonchev–Trinajstić information content (AvgIpc) is 1.96. The van der Waals surface area contributed by atoms with Crippen molar-refractivity contribution in [2.45, 2.75) is 37.9 Å². The molecule has 1 heterocycles. The predicted octanol–water partition coefficient (Wildman–Crippen LogP) is -0.880. The van der Waals surface area contributed by atoms with Crippen LogP contribution in [0.3, 0.4) is 0 Å². The second-order valence-corrected chi connectivity index (χ2v) is 2.92. The molecule has 0 aliphatic carbocycles. The van der Waals surface area contributed by atoms with E-state index in [4.69, 9.17) is 14.9 Å². The lowest BCUT2D eigenvalue weighted by Crippen LogP contribution is -2.50. The highest BCUT2D eigenvalue weighted by atomic mass is 16.6. The fraction of sp³-hybridized carbons (Fsp3) is 1.00. The van der Waals surface area contributed by atoms with Crippen molar-refractivity contribution in [3.05, 3.63) is 10.1 Å². The smallest absolute Gasteiger partial charge is 0.246 e. The lowest BCUT2D eigenvalue weighted by atomic mass is 10.0. The maximum Gasteiger partial charge on any atom is 0.246 e. The molecule has 6 heteroatoms. The van der Waals surface area contributed by atoms with E-state index in [9.17, 15) is 10.1 Å². The van der Waals surface area contributed by atoms with Gasteiger partial charge >= 0.3 is 0 Å². The topological polar surface area (TPSA) is 92.8 Å². The molecule has 0 radical (unpaired) electrons. The van der Waals surface area contributed by atoms with E-state index in [0.29, 0.717) is 0 Å². The Morgan fingerprint density at radius 1 is 1.58 bits per heavy atom. The number of rotatable bonds is 1. The molecule has 0 spiro atoms. The predicted molar refractivity (Wildman–Crippen MR) is 38.0 cm³/mol. The largest absolute Gasteiger partial charge is 0.381 e. The molecule has 70 valence electrons. The Balaban J connectivity index is 2.66. The number of hydrogen-bond acceptors (Lipinski definition) is 5. The molecular formula is C6H11NO5. The fourth-order valence-electron chi connectivity index (χ4n) is 1.25. The first kappa shape index (κ1) is 9.37. The van der Waals surface area contributed by atoms with Crippen molar-refractivity contribution in [2.75, 3.05) is 0 Å². The minimum atomic E-state index is -1.44. The van der Waals surface area contributed by atoms with Crippen molar-refractivity contribution < 1.29 is 19.9 Å². The van der Waals surface area contributed by atoms with Gasteiger partial charge in [-0.05, 0) is 6.92 Å². The van der Waals surface area contributed by atoms with Gasteiger partial charge in [-0.15, -0.1) is 0 Å². The molecule has 1 fully saturated rings. The highest BCUT2D eigenvalue weighted by Gasteiger charge is 2.42. The van der Waals surface area contributed by atoms with E-state index in [1.807, 2.05) is 0 Å². The summed E-state index contributed by atoms with van der Waals surface area (Å²) >= 11 is 0. The molecule has 0 aromatic heterocycles. The lowest BCUT2D eigenvalue weighted by molar-refractivity contribution is -0.550. The minimum absolute atomic E-state index is 0.130. The van der Waals surface area contributed by atoms with E-state index in [-0.39, 0.29) is 6.42 Å². The Morgan fingerprint density at radius 2 is 2.17 bits per heavy atom. The second-order valence-electron chi connectivity index (χ2n) is 2.92. The van der Waals surface area contributed by atoms with Crippen LogP contribution in [-0.4, -0.2) is 39.7 Å². The van der Waals surface area contributed by atoms with Gasteiger partial charge in [0.25, 0.3) is 0 Å². The summed E-state index contributed by atoms with van der Waals surface area (Å²) in [6.07, 6.45) is -3.12. The summed E-state index contributed by atoms with van der Waals surface area (Å²) in [5.41, 5.74) is 0. The summed E-state index contributed by atoms with van der Waals surface area (Å²) in [7, 11) is 0. The molecule has 0 aromatic rings. The first-order valence-corrected chi connectivity index (χ1v) is 3.67. The second kappa shape index (κ2) is 3.34. The molecule has 0 aromatic carbocycles. The Hall–Kier alpha value is -0.720. The third-order valence-corrected chi connectivity index (χ3v) is 1.90. The molecule has 1 rings (SSSR count). The minimum Gasteiger partial charge on any atom is -0.381 e. The van der Waals surface area contributed by atoms with Gasteiger partial charge in [0.1, 0.15) is 0 Å². The number of ether oxygens (including phenoxy) is 1. The van der Waals surface area contributed by atoms with Crippen LogP contribution in [0.2, 0.25) is 0 Å². The van der Waals surface area contributed by atoms with Crippen molar-refractivity contribution in [3.63, 3.8) is 0 Å². The molecule has 12 heavy (non-hydrogen) atoms. The van der Waals surface area contributed by atoms with Crippen molar-refractivity contribution in [1.29, 1.82) is 0 Å². The van der Waals surface area contributed by atoms with E-state index in [0.717, 1.165) is 0 Å². The quantitative estimate of drug-likeness (QED) is 0.400. The van der Waals surface area contributed by atoms with Gasteiger partial charge in [0.2, 0.25) is 6.04 Å². The van der Waals surface area contributed by atoms with Crippen LogP contribution >= 0.6 is 0 Å². The molecular weight excluding hydrogens is 166 g/mol. The van der Waals surface area contributed by atoms with Crippen molar-refractivity contribution in [1.82, 2.24) is 0 Å². The van der Waals surface area contributed by atoms with Crippen LogP contribution in [0.25, 0.3) is 0 Å². The molecule has 2 unspecified atom stereocenters. The maximum absolute atomic E-state index is 10.3. The van der Waals surface area contributed by atoms with Gasteiger partial charge in [0, 0.05) is 11.3 Å². The Labute approximate surface area is 68.9 Å². The van der Waals surface area contributed by atoms with E-state index in [1.165, 1.54) is 0 Å². The number of aliphatic hydroxyl groups is 2. The number of nitrogens with zero attached hydrogens (tertiary/aromatic N) is 1. The van der Waals surface area contributed by atoms with Gasteiger partial charge in [-0.3, -0.25) is 10.1 Å². The van der Waals surface area contributed by atoms with Crippen LogP contribution in [0.4, 0.5) is 0 Å². The molecule has 0 bridgehead atoms. The third kappa shape index (κ3) is 1.71. The standard InChI is InChI=1S/C6H11NO5/c1-3-2-4(7(10)11)5(8)6(9)12-3/h3-6,8-9H,2H2,1H3/t3-,4?,5?,6+/m1/s1. The monoisotopic (exact) mass is 177 g/mol. The van der Waals surface area contributed by atoms with Crippen LogP contribution in [0.15, 0.2) is 0 Å². The highest BCUT2D eigenvalue weighted by Crippen LogP contribution is 2.20. The van der Waals surface area contributed by atoms with Crippen molar-refractivity contribution >= 4 is 0 Å². The third-order valence-electron chi connectivity index (χ3n) is 1.90. The zero-order valence-electron chi connectivity index (χ0n) is 6.58. The van der Waals surface area contributed by atoms with E-state index in [2.05, 4.69) is 0 Å². The zero-order chi connectivity index (χ0) is 9.30. The zero-order valence-corrected chi connectivity index (χ0v) is 6.58. The van der Waals surface area contributed by atoms with Gasteiger partial charge in [-0.25, -0.2) is 0 Å². The van der Waals surface area contributed by atoms with Crippen LogP contribution in [0.1, 0.15) is 13.3 Å². The lowest BCUT2D eigenvalue weighted by Gasteiger charge is -2.30. The number of aliphatic hydroxyl groups excluding tert-OH is 2. The maximum atomic E-state index is 10.3. The summed E-state index contributed by atoms with van der Waals surface area (Å²) in [4.78, 5) is 9.74. The van der Waals surface area contributed by atoms with E-state index >= 15 is 0 Å². The van der Waals surface area contributed by atoms with E-state index in [1.54, 1.807) is 6.92 Å². The van der Waals surface area contributed by atoms with Gasteiger partial charge < -0.3 is 14.9 Å². The molecule has 1 aliphatic heterocycles. The van der Waals surface area contributed by atoms with Gasteiger partial charge in [-0.1, -0.05) is 0 Å². The van der Waals surface area contributed by atoms with Crippen molar-refractivity contribution in [2.24, 2.45) is 0 Å². The van der Waals surface area contributed by atoms with Crippen LogP contribution in [-0.2, 0) is 4.74 Å². The summed E-state index contributed by atoms with van der Waals surface area (Å²) in [6.45, 7) is 1.62. The molecule has 0 amide bonds. The molecule has 6 nitrogen and oxygen atoms in total. The van der Waals surface area contributed by atoms with Crippen LogP contribution in [0.5, 0.6) is 0 Å². The highest BCUT2D eigenvalue weighted by molar-refractivity contribution is 4.78. The van der Waals surface area contributed by atoms with Crippen LogP contribution < -0.4 is 0 Å². The molecule has 1 saturated heterocycles. The first-order valence-electron chi connectivity index (χ1n) is 3.67. The Bertz CT molecular complexity index is 185. The summed E-state index contributed by atoms with van der Waals surface area (Å²) in [5.74, 6) is 0. The SMILES string of the molecule is C[C@@H]1CC([N+](=O)[O-])C(O)[C@@H](O)O1. The normalized spacial score (nSPS) is 42.6. The Morgan fingerprint density at radius 3 is 2.67 bits per heavy atom. The van der Waals surface area contributed by atoms with Crippen LogP contribution in [0, 0.1) is 10.1 Å². The van der Waals surface area contributed by atoms with Gasteiger partial charge in [-0.2, -0.15) is 0 Å². The molecule has 2 N–H and O–H groups in total. The fourth-order valence-corrected chi connectivity index (χ4v) is 1.25. The van der Waals surface area contributed by atoms with E-state index < -0.39 is 29.5 Å².